The second-order valence-electron chi connectivity index (χ2n) is 11.5. The molecule has 0 spiro atoms. The fourth-order valence-electron chi connectivity index (χ4n) is 7.08. The average Bonchev–Trinajstić information content (AvgIpc) is 2.81. The van der Waals surface area contributed by atoms with E-state index in [4.69, 9.17) is 9.47 Å². The molecule has 6 unspecified atom stereocenters. The Kier molecular flexibility index (Phi) is 7.26. The summed E-state index contributed by atoms with van der Waals surface area (Å²) < 4.78 is 11.6. The van der Waals surface area contributed by atoms with Crippen LogP contribution in [0.3, 0.4) is 0 Å². The molecule has 8 atom stereocenters. The van der Waals surface area contributed by atoms with Crippen LogP contribution < -0.4 is 0 Å². The first-order valence-corrected chi connectivity index (χ1v) is 12.2. The minimum absolute atomic E-state index is 0. The number of hydrogen-bond donors (Lipinski definition) is 4. The van der Waals surface area contributed by atoms with E-state index in [1.54, 1.807) is 58.0 Å². The number of aliphatic hydroxyl groups excluding tert-OH is 2. The van der Waals surface area contributed by atoms with Crippen LogP contribution in [-0.2, 0) is 14.3 Å². The van der Waals surface area contributed by atoms with Crippen LogP contribution in [0.15, 0.2) is 41.5 Å². The summed E-state index contributed by atoms with van der Waals surface area (Å²) in [6.45, 7) is 6.76. The van der Waals surface area contributed by atoms with Crippen molar-refractivity contribution in [2.45, 2.75) is 82.6 Å². The zero-order valence-electron chi connectivity index (χ0n) is 21.1. The molecule has 3 aliphatic carbocycles. The molecule has 1 aliphatic heterocycles. The van der Waals surface area contributed by atoms with Crippen molar-refractivity contribution in [3.63, 3.8) is 0 Å². The van der Waals surface area contributed by atoms with Gasteiger partial charge >= 0.3 is 5.97 Å². The number of ketones is 1. The maximum absolute atomic E-state index is 13.9. The molecule has 4 aliphatic rings. The molecule has 0 aromatic heterocycles. The van der Waals surface area contributed by atoms with Gasteiger partial charge in [0.2, 0.25) is 0 Å². The number of Topliss-reactive ketones (excluding diaryl/α,β-unsaturated/α-hetero) is 1. The van der Waals surface area contributed by atoms with Crippen LogP contribution in [-0.4, -0.2) is 74.4 Å². The van der Waals surface area contributed by atoms with E-state index in [-0.39, 0.29) is 81.3 Å². The van der Waals surface area contributed by atoms with E-state index < -0.39 is 58.3 Å². The van der Waals surface area contributed by atoms with Gasteiger partial charge in [-0.25, -0.2) is 4.79 Å². The van der Waals surface area contributed by atoms with Crippen molar-refractivity contribution in [2.24, 2.45) is 16.7 Å². The first-order valence-electron chi connectivity index (χ1n) is 12.2. The van der Waals surface area contributed by atoms with Crippen LogP contribution in [0.5, 0.6) is 0 Å². The predicted molar refractivity (Wildman–Crippen MR) is 124 cm³/mol. The van der Waals surface area contributed by atoms with E-state index in [2.05, 4.69) is 0 Å². The van der Waals surface area contributed by atoms with Crippen LogP contribution in [0.1, 0.15) is 57.3 Å². The van der Waals surface area contributed by atoms with E-state index in [1.165, 1.54) is 0 Å². The molecule has 3 fully saturated rings. The second kappa shape index (κ2) is 9.22. The fourth-order valence-corrected chi connectivity index (χ4v) is 7.08. The minimum Gasteiger partial charge on any atom is -0.455 e. The van der Waals surface area contributed by atoms with Gasteiger partial charge in [-0.2, -0.15) is 0 Å². The van der Waals surface area contributed by atoms with Crippen molar-refractivity contribution < 1.29 is 83.6 Å². The molecular weight excluding hydrogens is 679 g/mol. The van der Waals surface area contributed by atoms with Crippen molar-refractivity contribution in [2.75, 3.05) is 6.61 Å². The third kappa shape index (κ3) is 3.68. The summed E-state index contributed by atoms with van der Waals surface area (Å²) in [5.41, 5.74) is -4.63. The van der Waals surface area contributed by atoms with E-state index in [9.17, 15) is 30.0 Å². The van der Waals surface area contributed by atoms with Crippen LogP contribution in [0, 0.1) is 60.8 Å². The molecule has 1 aromatic rings. The van der Waals surface area contributed by atoms with Crippen LogP contribution in [0.25, 0.3) is 0 Å². The molecular formula is C27H34AcO8. The van der Waals surface area contributed by atoms with Crippen molar-refractivity contribution in [1.82, 2.24) is 0 Å². The molecule has 4 N–H and O–H groups in total. The molecule has 9 heteroatoms. The summed E-state index contributed by atoms with van der Waals surface area (Å²) in [5, 5.41) is 46.5. The fraction of sp³-hybridized carbons (Fsp3) is 0.630. The van der Waals surface area contributed by atoms with Gasteiger partial charge in [0.15, 0.2) is 0 Å². The summed E-state index contributed by atoms with van der Waals surface area (Å²) in [4.78, 5) is 27.3. The van der Waals surface area contributed by atoms with Gasteiger partial charge in [-0.1, -0.05) is 37.6 Å². The molecule has 1 radical (unpaired) electrons. The normalized spacial score (nSPS) is 43.1. The number of benzene rings is 1. The molecule has 36 heavy (non-hydrogen) atoms. The maximum atomic E-state index is 13.9. The van der Waals surface area contributed by atoms with E-state index in [1.807, 2.05) is 0 Å². The minimum atomic E-state index is -1.84. The van der Waals surface area contributed by atoms with Gasteiger partial charge in [0.05, 0.1) is 35.9 Å². The smallest absolute Gasteiger partial charge is 0.338 e. The number of hydrogen-bond acceptors (Lipinski definition) is 8. The summed E-state index contributed by atoms with van der Waals surface area (Å²) >= 11 is 0. The molecule has 5 rings (SSSR count). The van der Waals surface area contributed by atoms with Gasteiger partial charge in [0.1, 0.15) is 23.1 Å². The molecule has 2 saturated carbocycles. The molecule has 0 amide bonds. The molecule has 1 heterocycles. The van der Waals surface area contributed by atoms with Crippen LogP contribution in [0.4, 0.5) is 0 Å². The quantitative estimate of drug-likeness (QED) is 0.268. The molecule has 1 aromatic carbocycles. The van der Waals surface area contributed by atoms with Gasteiger partial charge in [-0.15, -0.1) is 0 Å². The standard InChI is InChI=1S/C27H34O8.Ac/c1-14-16-10-18(29)25(4)19(30)11-20-26(32,13-34-20)21(25)22(27(33,12-17(14)28)24(16,2)3)35-23(31)15-8-6-5-7-9-15;/h5-9,17,19-22,28,30,32-33H,10-13H2,1-4H3;/t17?,19?,20?,21?,22?,25-,26+,27?;/m1./s1. The van der Waals surface area contributed by atoms with Gasteiger partial charge < -0.3 is 29.9 Å². The monoisotopic (exact) mass is 713 g/mol. The van der Waals surface area contributed by atoms with Gasteiger partial charge in [-0.05, 0) is 31.6 Å². The SMILES string of the molecule is CC1=C2CC(=O)[C@]3(C)C(O)CC4OC[C@@]4(O)C3C(OC(=O)c3ccccc3)C(O)(CC1O)C2(C)C.[Ac]. The Morgan fingerprint density at radius 1 is 1.11 bits per heavy atom. The number of ether oxygens (including phenoxy) is 2. The van der Waals surface area contributed by atoms with Crippen LogP contribution >= 0.6 is 0 Å². The predicted octanol–water partition coefficient (Wildman–Crippen LogP) is 1.54. The molecule has 1 saturated heterocycles. The van der Waals surface area contributed by atoms with Gasteiger partial charge in [-0.3, -0.25) is 4.79 Å². The Hall–Kier alpha value is -0.658. The van der Waals surface area contributed by atoms with Gasteiger partial charge in [0, 0.05) is 74.7 Å². The zero-order chi connectivity index (χ0) is 25.6. The second-order valence-corrected chi connectivity index (χ2v) is 11.5. The average molecular weight is 714 g/mol. The van der Waals surface area contributed by atoms with Crippen LogP contribution in [0.2, 0.25) is 0 Å². The summed E-state index contributed by atoms with van der Waals surface area (Å²) in [6, 6.07) is 8.28. The topological polar surface area (TPSA) is 134 Å². The van der Waals surface area contributed by atoms with Crippen molar-refractivity contribution >= 4 is 11.8 Å². The zero-order valence-corrected chi connectivity index (χ0v) is 25.8. The van der Waals surface area contributed by atoms with Crippen molar-refractivity contribution in [1.29, 1.82) is 0 Å². The number of carbonyl (C=O) groups excluding carboxylic acids is 2. The summed E-state index contributed by atoms with van der Waals surface area (Å²) in [5.74, 6) is -2.21. The number of aliphatic hydroxyl groups is 4. The van der Waals surface area contributed by atoms with E-state index >= 15 is 0 Å². The Morgan fingerprint density at radius 2 is 1.75 bits per heavy atom. The van der Waals surface area contributed by atoms with Crippen molar-refractivity contribution in [3.05, 3.63) is 47.0 Å². The summed E-state index contributed by atoms with van der Waals surface area (Å²) in [6.07, 6.45) is -4.61. The molecule has 193 valence electrons. The number of fused-ring (bicyclic) bond motifs is 5. The number of esters is 1. The third-order valence-electron chi connectivity index (χ3n) is 9.66. The number of rotatable bonds is 2. The van der Waals surface area contributed by atoms with Crippen molar-refractivity contribution in [3.8, 4) is 0 Å². The first kappa shape index (κ1) is 28.4. The summed E-state index contributed by atoms with van der Waals surface area (Å²) in [7, 11) is 0. The van der Waals surface area contributed by atoms with E-state index in [0.29, 0.717) is 11.1 Å². The largest absolute Gasteiger partial charge is 0.455 e. The Balaban J connectivity index is 0.00000304. The third-order valence-corrected chi connectivity index (χ3v) is 9.66. The van der Waals surface area contributed by atoms with E-state index in [0.717, 1.165) is 0 Å². The maximum Gasteiger partial charge on any atom is 0.338 e. The Labute approximate surface area is 246 Å². The molecule has 8 nitrogen and oxygen atoms in total. The number of carbonyl (C=O) groups is 2. The molecule has 2 bridgehead atoms. The Morgan fingerprint density at radius 3 is 2.33 bits per heavy atom. The Bertz CT molecular complexity index is 1100. The first-order chi connectivity index (χ1) is 16.3. The van der Waals surface area contributed by atoms with Gasteiger partial charge in [0.25, 0.3) is 0 Å².